The predicted octanol–water partition coefficient (Wildman–Crippen LogP) is 2.85. The number of carboxylic acids is 1. The van der Waals surface area contributed by atoms with Crippen molar-refractivity contribution >= 4 is 17.3 Å². The first kappa shape index (κ1) is 13.5. The predicted molar refractivity (Wildman–Crippen MR) is 72.0 cm³/mol. The first-order chi connectivity index (χ1) is 8.56. The minimum atomic E-state index is -0.925. The molecule has 1 saturated carbocycles. The summed E-state index contributed by atoms with van der Waals surface area (Å²) in [6.07, 6.45) is 3.73. The van der Waals surface area contributed by atoms with Gasteiger partial charge in [0, 0.05) is 18.0 Å². The van der Waals surface area contributed by atoms with E-state index in [9.17, 15) is 4.79 Å². The van der Waals surface area contributed by atoms with E-state index in [0.717, 1.165) is 18.8 Å². The van der Waals surface area contributed by atoms with Gasteiger partial charge in [-0.05, 0) is 31.7 Å². The number of rotatable bonds is 7. The summed E-state index contributed by atoms with van der Waals surface area (Å²) in [5.74, 6) is -0.220. The van der Waals surface area contributed by atoms with E-state index in [4.69, 9.17) is 5.11 Å². The van der Waals surface area contributed by atoms with Gasteiger partial charge in [-0.15, -0.1) is 11.3 Å². The second-order valence-corrected chi connectivity index (χ2v) is 6.19. The number of hydrogen-bond acceptors (Lipinski definition) is 4. The molecule has 0 saturated heterocycles. The maximum Gasteiger partial charge on any atom is 0.365 e. The van der Waals surface area contributed by atoms with E-state index >= 15 is 0 Å². The van der Waals surface area contributed by atoms with E-state index in [1.165, 1.54) is 30.6 Å². The minimum absolute atomic E-state index is 0.199. The lowest BCUT2D eigenvalue weighted by molar-refractivity contribution is 0.0696. The molecule has 4 nitrogen and oxygen atoms in total. The average Bonchev–Trinajstić information content (AvgIpc) is 3.03. The van der Waals surface area contributed by atoms with Gasteiger partial charge in [0.25, 0.3) is 0 Å². The molecule has 1 fully saturated rings. The molecule has 1 aromatic heterocycles. The molecule has 1 aromatic rings. The van der Waals surface area contributed by atoms with Crippen LogP contribution in [0.2, 0.25) is 0 Å². The third kappa shape index (κ3) is 3.78. The number of carboxylic acid groups (broad SMARTS) is 1. The lowest BCUT2D eigenvalue weighted by Gasteiger charge is -2.21. The van der Waals surface area contributed by atoms with Crippen molar-refractivity contribution in [3.05, 3.63) is 16.1 Å². The van der Waals surface area contributed by atoms with Gasteiger partial charge in [0.15, 0.2) is 0 Å². The van der Waals surface area contributed by atoms with Crippen molar-refractivity contribution in [2.45, 2.75) is 45.7 Å². The van der Waals surface area contributed by atoms with Crippen LogP contribution in [0.4, 0.5) is 0 Å². The monoisotopic (exact) mass is 268 g/mol. The van der Waals surface area contributed by atoms with E-state index in [-0.39, 0.29) is 5.01 Å². The van der Waals surface area contributed by atoms with E-state index in [1.807, 2.05) is 5.38 Å². The molecule has 0 spiro atoms. The highest BCUT2D eigenvalue weighted by Gasteiger charge is 2.29. The Morgan fingerprint density at radius 3 is 2.83 bits per heavy atom. The van der Waals surface area contributed by atoms with Crippen LogP contribution in [0, 0.1) is 5.92 Å². The van der Waals surface area contributed by atoms with Gasteiger partial charge >= 0.3 is 5.97 Å². The fourth-order valence-corrected chi connectivity index (χ4v) is 2.59. The second kappa shape index (κ2) is 5.80. The van der Waals surface area contributed by atoms with Crippen molar-refractivity contribution in [1.82, 2.24) is 9.88 Å². The van der Waals surface area contributed by atoms with Gasteiger partial charge in [-0.2, -0.15) is 0 Å². The van der Waals surface area contributed by atoms with Gasteiger partial charge in [-0.3, -0.25) is 4.90 Å². The average molecular weight is 268 g/mol. The normalized spacial score (nSPS) is 15.6. The highest BCUT2D eigenvalue weighted by Crippen LogP contribution is 2.29. The Hall–Kier alpha value is -0.940. The molecule has 1 N–H and O–H groups in total. The Labute approximate surface area is 112 Å². The number of aromatic nitrogens is 1. The van der Waals surface area contributed by atoms with Crippen molar-refractivity contribution in [2.24, 2.45) is 5.92 Å². The van der Waals surface area contributed by atoms with E-state index in [0.29, 0.717) is 12.0 Å². The molecule has 0 aromatic carbocycles. The van der Waals surface area contributed by atoms with Crippen molar-refractivity contribution in [2.75, 3.05) is 6.54 Å². The van der Waals surface area contributed by atoms with Crippen molar-refractivity contribution < 1.29 is 9.90 Å². The topological polar surface area (TPSA) is 53.4 Å². The Kier molecular flexibility index (Phi) is 4.35. The quantitative estimate of drug-likeness (QED) is 0.826. The summed E-state index contributed by atoms with van der Waals surface area (Å²) in [6.45, 7) is 6.34. The van der Waals surface area contributed by atoms with Gasteiger partial charge < -0.3 is 5.11 Å². The van der Waals surface area contributed by atoms with Crippen molar-refractivity contribution in [3.63, 3.8) is 0 Å². The van der Waals surface area contributed by atoms with Crippen molar-refractivity contribution in [1.29, 1.82) is 0 Å². The van der Waals surface area contributed by atoms with E-state index in [1.54, 1.807) is 0 Å². The largest absolute Gasteiger partial charge is 0.476 e. The third-order valence-corrected chi connectivity index (χ3v) is 4.04. The van der Waals surface area contributed by atoms with Crippen LogP contribution in [-0.2, 0) is 6.54 Å². The molecule has 0 amide bonds. The molecule has 5 heteroatoms. The molecular formula is C13H20N2O2S. The fraction of sp³-hybridized carbons (Fsp3) is 0.692. The molecule has 0 radical (unpaired) electrons. The highest BCUT2D eigenvalue weighted by molar-refractivity contribution is 7.11. The zero-order chi connectivity index (χ0) is 13.1. The van der Waals surface area contributed by atoms with Crippen LogP contribution in [0.15, 0.2) is 5.38 Å². The molecule has 1 heterocycles. The smallest absolute Gasteiger partial charge is 0.365 e. The number of aromatic carboxylic acids is 1. The Bertz CT molecular complexity index is 413. The first-order valence-electron chi connectivity index (χ1n) is 6.48. The van der Waals surface area contributed by atoms with Gasteiger partial charge in [0.1, 0.15) is 0 Å². The van der Waals surface area contributed by atoms with Crippen LogP contribution < -0.4 is 0 Å². The fourth-order valence-electron chi connectivity index (χ4n) is 1.94. The van der Waals surface area contributed by atoms with Crippen LogP contribution in [-0.4, -0.2) is 33.5 Å². The van der Waals surface area contributed by atoms with Gasteiger partial charge in [-0.25, -0.2) is 9.78 Å². The maximum absolute atomic E-state index is 10.8. The van der Waals surface area contributed by atoms with Gasteiger partial charge in [0.2, 0.25) is 5.01 Å². The summed E-state index contributed by atoms with van der Waals surface area (Å²) in [4.78, 5) is 17.4. The Morgan fingerprint density at radius 2 is 2.33 bits per heavy atom. The summed E-state index contributed by atoms with van der Waals surface area (Å²) >= 11 is 1.22. The highest BCUT2D eigenvalue weighted by atomic mass is 32.1. The lowest BCUT2D eigenvalue weighted by Crippen LogP contribution is -2.27. The second-order valence-electron chi connectivity index (χ2n) is 5.33. The van der Waals surface area contributed by atoms with Crippen LogP contribution >= 0.6 is 11.3 Å². The lowest BCUT2D eigenvalue weighted by atomic mass is 10.1. The zero-order valence-corrected chi connectivity index (χ0v) is 11.7. The Balaban J connectivity index is 1.92. The molecule has 1 aliphatic rings. The standard InChI is InChI=1S/C13H20N2O2S/c1-9(2)5-6-15(11-3-4-11)7-10-8-18-12(14-10)13(16)17/h8-9,11H,3-7H2,1-2H3,(H,16,17). The summed E-state index contributed by atoms with van der Waals surface area (Å²) in [7, 11) is 0. The number of hydrogen-bond donors (Lipinski definition) is 1. The molecule has 0 aliphatic heterocycles. The molecule has 0 bridgehead atoms. The van der Waals surface area contributed by atoms with Crippen LogP contribution in [0.3, 0.4) is 0 Å². The number of nitrogens with zero attached hydrogens (tertiary/aromatic N) is 2. The summed E-state index contributed by atoms with van der Waals surface area (Å²) < 4.78 is 0. The SMILES string of the molecule is CC(C)CCN(Cc1csc(C(=O)O)n1)C1CC1. The van der Waals surface area contributed by atoms with Crippen LogP contribution in [0.5, 0.6) is 0 Å². The number of thiazole rings is 1. The summed E-state index contributed by atoms with van der Waals surface area (Å²) in [6, 6.07) is 0.693. The number of carbonyl (C=O) groups is 1. The van der Waals surface area contributed by atoms with Crippen molar-refractivity contribution in [3.8, 4) is 0 Å². The van der Waals surface area contributed by atoms with Gasteiger partial charge in [0.05, 0.1) is 5.69 Å². The molecule has 1 aliphatic carbocycles. The summed E-state index contributed by atoms with van der Waals surface area (Å²) in [5, 5.41) is 10.9. The Morgan fingerprint density at radius 1 is 1.61 bits per heavy atom. The van der Waals surface area contributed by atoms with E-state index < -0.39 is 5.97 Å². The van der Waals surface area contributed by atoms with E-state index in [2.05, 4.69) is 23.7 Å². The molecule has 2 rings (SSSR count). The third-order valence-electron chi connectivity index (χ3n) is 3.16. The van der Waals surface area contributed by atoms with Crippen LogP contribution in [0.25, 0.3) is 0 Å². The maximum atomic E-state index is 10.8. The van der Waals surface area contributed by atoms with Gasteiger partial charge in [-0.1, -0.05) is 13.8 Å². The first-order valence-corrected chi connectivity index (χ1v) is 7.36. The molecular weight excluding hydrogens is 248 g/mol. The minimum Gasteiger partial charge on any atom is -0.476 e. The zero-order valence-electron chi connectivity index (χ0n) is 10.9. The molecule has 0 atom stereocenters. The molecule has 0 unspecified atom stereocenters. The molecule has 100 valence electrons. The van der Waals surface area contributed by atoms with Crippen LogP contribution in [0.1, 0.15) is 48.6 Å². The summed E-state index contributed by atoms with van der Waals surface area (Å²) in [5.41, 5.74) is 0.896. The molecule has 18 heavy (non-hydrogen) atoms.